The van der Waals surface area contributed by atoms with Gasteiger partial charge in [0.2, 0.25) is 0 Å². The summed E-state index contributed by atoms with van der Waals surface area (Å²) in [4.78, 5) is 38.2. The smallest absolute Gasteiger partial charge is 0.306 e. The largest absolute Gasteiger partial charge is 0.462 e. The van der Waals surface area contributed by atoms with Gasteiger partial charge in [0.1, 0.15) is 13.2 Å². The molecule has 77 heavy (non-hydrogen) atoms. The van der Waals surface area contributed by atoms with Crippen LogP contribution in [0.2, 0.25) is 0 Å². The molecular formula is C71H120O6. The Labute approximate surface area is 476 Å². The maximum Gasteiger partial charge on any atom is 0.306 e. The van der Waals surface area contributed by atoms with Gasteiger partial charge in [-0.05, 0) is 103 Å². The average Bonchev–Trinajstić information content (AvgIpc) is 3.43. The Hall–Kier alpha value is -3.93. The van der Waals surface area contributed by atoms with Crippen molar-refractivity contribution < 1.29 is 28.6 Å². The zero-order valence-corrected chi connectivity index (χ0v) is 50.4. The second-order valence-corrected chi connectivity index (χ2v) is 21.3. The number of carbonyl (C=O) groups is 3. The molecule has 0 saturated carbocycles. The van der Waals surface area contributed by atoms with Crippen molar-refractivity contribution in [1.82, 2.24) is 0 Å². The normalized spacial score (nSPS) is 12.8. The van der Waals surface area contributed by atoms with Crippen molar-refractivity contribution >= 4 is 17.9 Å². The van der Waals surface area contributed by atoms with Crippen LogP contribution in [0.1, 0.15) is 303 Å². The molecule has 0 aromatic rings. The molecule has 0 radical (unpaired) electrons. The lowest BCUT2D eigenvalue weighted by Crippen LogP contribution is -2.30. The Morgan fingerprint density at radius 1 is 0.273 bits per heavy atom. The summed E-state index contributed by atoms with van der Waals surface area (Å²) in [6, 6.07) is 0. The first-order chi connectivity index (χ1) is 38.0. The molecule has 0 aliphatic rings. The quantitative estimate of drug-likeness (QED) is 0.0261. The van der Waals surface area contributed by atoms with Crippen LogP contribution in [-0.4, -0.2) is 37.2 Å². The van der Waals surface area contributed by atoms with E-state index in [0.29, 0.717) is 19.3 Å². The third kappa shape index (κ3) is 62.8. The molecule has 0 N–H and O–H groups in total. The molecule has 0 amide bonds. The average molecular weight is 1070 g/mol. The van der Waals surface area contributed by atoms with Gasteiger partial charge in [-0.15, -0.1) is 0 Å². The number of rotatable bonds is 58. The lowest BCUT2D eigenvalue weighted by atomic mass is 10.0. The lowest BCUT2D eigenvalue weighted by molar-refractivity contribution is -0.167. The van der Waals surface area contributed by atoms with Crippen LogP contribution in [0.15, 0.2) is 109 Å². The maximum absolute atomic E-state index is 12.9. The van der Waals surface area contributed by atoms with Gasteiger partial charge in [0.25, 0.3) is 0 Å². The minimum absolute atomic E-state index is 0.0815. The van der Waals surface area contributed by atoms with Crippen LogP contribution in [0.3, 0.4) is 0 Å². The van der Waals surface area contributed by atoms with Crippen LogP contribution in [-0.2, 0) is 28.6 Å². The van der Waals surface area contributed by atoms with Gasteiger partial charge in [0.15, 0.2) is 6.10 Å². The van der Waals surface area contributed by atoms with Crippen molar-refractivity contribution in [1.29, 1.82) is 0 Å². The van der Waals surface area contributed by atoms with Crippen molar-refractivity contribution in [2.45, 2.75) is 309 Å². The summed E-state index contributed by atoms with van der Waals surface area (Å²) in [6.07, 6.45) is 88.1. The molecule has 1 unspecified atom stereocenters. The fourth-order valence-electron chi connectivity index (χ4n) is 8.91. The molecule has 0 aliphatic heterocycles. The number of hydrogen-bond donors (Lipinski definition) is 0. The first-order valence-corrected chi connectivity index (χ1v) is 32.4. The number of hydrogen-bond acceptors (Lipinski definition) is 6. The van der Waals surface area contributed by atoms with Crippen LogP contribution >= 0.6 is 0 Å². The monoisotopic (exact) mass is 1070 g/mol. The number of esters is 3. The van der Waals surface area contributed by atoms with Gasteiger partial charge in [-0.3, -0.25) is 14.4 Å². The van der Waals surface area contributed by atoms with E-state index in [-0.39, 0.29) is 31.1 Å². The number of unbranched alkanes of at least 4 members (excludes halogenated alkanes) is 29. The number of ether oxygens (including phenoxy) is 3. The molecule has 0 aromatic carbocycles. The number of carbonyl (C=O) groups excluding carboxylic acids is 3. The molecule has 0 rings (SSSR count). The summed E-state index contributed by atoms with van der Waals surface area (Å²) in [5, 5.41) is 0. The third-order valence-electron chi connectivity index (χ3n) is 13.8. The van der Waals surface area contributed by atoms with E-state index < -0.39 is 6.10 Å². The highest BCUT2D eigenvalue weighted by molar-refractivity contribution is 5.71. The van der Waals surface area contributed by atoms with E-state index in [4.69, 9.17) is 14.2 Å². The van der Waals surface area contributed by atoms with Gasteiger partial charge in [-0.2, -0.15) is 0 Å². The first-order valence-electron chi connectivity index (χ1n) is 32.4. The van der Waals surface area contributed by atoms with Gasteiger partial charge >= 0.3 is 17.9 Å². The molecule has 0 bridgehead atoms. The highest BCUT2D eigenvalue weighted by atomic mass is 16.6. The van der Waals surface area contributed by atoms with E-state index in [1.807, 2.05) is 0 Å². The van der Waals surface area contributed by atoms with E-state index in [2.05, 4.69) is 130 Å². The molecule has 0 spiro atoms. The zero-order valence-electron chi connectivity index (χ0n) is 50.4. The second kappa shape index (κ2) is 64.6. The van der Waals surface area contributed by atoms with Crippen molar-refractivity contribution in [2.75, 3.05) is 13.2 Å². The summed E-state index contributed by atoms with van der Waals surface area (Å²) >= 11 is 0. The fraction of sp³-hybridized carbons (Fsp3) is 0.704. The van der Waals surface area contributed by atoms with Crippen molar-refractivity contribution in [3.63, 3.8) is 0 Å². The Kier molecular flexibility index (Phi) is 61.3. The first kappa shape index (κ1) is 73.1. The van der Waals surface area contributed by atoms with E-state index in [1.54, 1.807) is 0 Å². The van der Waals surface area contributed by atoms with Crippen molar-refractivity contribution in [3.05, 3.63) is 109 Å². The third-order valence-corrected chi connectivity index (χ3v) is 13.8. The maximum atomic E-state index is 12.9. The molecule has 0 saturated heterocycles. The molecular weight excluding hydrogens is 949 g/mol. The highest BCUT2D eigenvalue weighted by Crippen LogP contribution is 2.16. The Morgan fingerprint density at radius 2 is 0.519 bits per heavy atom. The topological polar surface area (TPSA) is 78.9 Å². The molecule has 0 aromatic heterocycles. The van der Waals surface area contributed by atoms with Crippen LogP contribution < -0.4 is 0 Å². The molecule has 440 valence electrons. The second-order valence-electron chi connectivity index (χ2n) is 21.3. The van der Waals surface area contributed by atoms with E-state index in [0.717, 1.165) is 128 Å². The summed E-state index contributed by atoms with van der Waals surface area (Å²) in [6.45, 7) is 6.48. The Bertz CT molecular complexity index is 1560. The summed E-state index contributed by atoms with van der Waals surface area (Å²) < 4.78 is 16.9. The lowest BCUT2D eigenvalue weighted by Gasteiger charge is -2.18. The predicted molar refractivity (Wildman–Crippen MR) is 334 cm³/mol. The molecule has 6 nitrogen and oxygen atoms in total. The van der Waals surface area contributed by atoms with Gasteiger partial charge in [-0.1, -0.05) is 291 Å². The van der Waals surface area contributed by atoms with Crippen LogP contribution in [0.4, 0.5) is 0 Å². The molecule has 1 atom stereocenters. The summed E-state index contributed by atoms with van der Waals surface area (Å²) in [7, 11) is 0. The highest BCUT2D eigenvalue weighted by Gasteiger charge is 2.19. The molecule has 6 heteroatoms. The number of allylic oxidation sites excluding steroid dienone is 18. The summed E-state index contributed by atoms with van der Waals surface area (Å²) in [5.41, 5.74) is 0. The van der Waals surface area contributed by atoms with Crippen LogP contribution in [0.25, 0.3) is 0 Å². The van der Waals surface area contributed by atoms with Crippen LogP contribution in [0, 0.1) is 0 Å². The molecule has 0 fully saturated rings. The van der Waals surface area contributed by atoms with Gasteiger partial charge in [0, 0.05) is 19.3 Å². The minimum Gasteiger partial charge on any atom is -0.462 e. The molecule has 0 heterocycles. The SMILES string of the molecule is CC/C=C\C/C=C\C/C=C\C/C=C\C/C=C\C/C=C\C/C=C\CCCCCCCCCCCCCC(=O)OCC(COC(=O)CCCCCCCCCCCCCC)OC(=O)CCCCCCC/C=C\C/C=C\CCCC. The van der Waals surface area contributed by atoms with Crippen molar-refractivity contribution in [3.8, 4) is 0 Å². The van der Waals surface area contributed by atoms with E-state index in [9.17, 15) is 14.4 Å². The van der Waals surface area contributed by atoms with Gasteiger partial charge in [0.05, 0.1) is 0 Å². The van der Waals surface area contributed by atoms with Gasteiger partial charge in [-0.25, -0.2) is 0 Å². The van der Waals surface area contributed by atoms with E-state index in [1.165, 1.54) is 135 Å². The Morgan fingerprint density at radius 3 is 0.831 bits per heavy atom. The van der Waals surface area contributed by atoms with Crippen LogP contribution in [0.5, 0.6) is 0 Å². The zero-order chi connectivity index (χ0) is 55.7. The van der Waals surface area contributed by atoms with Gasteiger partial charge < -0.3 is 14.2 Å². The molecule has 0 aliphatic carbocycles. The fourth-order valence-corrected chi connectivity index (χ4v) is 8.91. The van der Waals surface area contributed by atoms with E-state index >= 15 is 0 Å². The predicted octanol–water partition coefficient (Wildman–Crippen LogP) is 22.2. The summed E-state index contributed by atoms with van der Waals surface area (Å²) in [5.74, 6) is -0.892. The standard InChI is InChI=1S/C71H120O6/c1-4-7-10-13-16-19-22-25-27-28-29-30-31-32-33-34-35-36-37-38-39-40-41-42-43-44-45-47-49-52-55-58-61-64-70(73)76-67-68(66-75-69(72)63-60-57-54-51-48-24-21-18-15-12-9-6-3)77-71(74)65-62-59-56-53-50-46-26-23-20-17-14-11-8-5-2/h7,10,14,16-17,19,23,25-27,29-30,32-33,35-36,38-39,68H,4-6,8-9,11-13,15,18,20-22,24,28,31,34,37,40-67H2,1-3H3/b10-7-,17-14-,19-16-,26-23-,27-25-,30-29-,33-32-,36-35-,39-38-. The minimum atomic E-state index is -0.785. The van der Waals surface area contributed by atoms with Crippen molar-refractivity contribution in [2.24, 2.45) is 0 Å². The Balaban J connectivity index is 4.20.